The van der Waals surface area contributed by atoms with Crippen LogP contribution in [0.2, 0.25) is 0 Å². The number of halogens is 1. The molecule has 4 rings (SSSR count). The summed E-state index contributed by atoms with van der Waals surface area (Å²) >= 11 is 1.37. The van der Waals surface area contributed by atoms with Crippen LogP contribution in [0.1, 0.15) is 17.2 Å². The molecule has 0 radical (unpaired) electrons. The fraction of sp³-hybridized carbons (Fsp3) is 0.278. The Morgan fingerprint density at radius 3 is 2.88 bits per heavy atom. The molecule has 1 aliphatic heterocycles. The first-order chi connectivity index (χ1) is 12.2. The average Bonchev–Trinajstić information content (AvgIpc) is 2.99. The van der Waals surface area contributed by atoms with Gasteiger partial charge in [-0.1, -0.05) is 30.3 Å². The molecule has 5 nitrogen and oxygen atoms in total. The van der Waals surface area contributed by atoms with Gasteiger partial charge in [0.25, 0.3) is 0 Å². The van der Waals surface area contributed by atoms with Gasteiger partial charge in [-0.15, -0.1) is 11.3 Å². The maximum absolute atomic E-state index is 14.5. The molecule has 25 heavy (non-hydrogen) atoms. The predicted octanol–water partition coefficient (Wildman–Crippen LogP) is 3.22. The summed E-state index contributed by atoms with van der Waals surface area (Å²) in [4.78, 5) is 23.2. The van der Waals surface area contributed by atoms with Crippen molar-refractivity contribution in [1.82, 2.24) is 14.9 Å². The number of carbonyl (C=O) groups excluding carboxylic acids is 1. The number of fused-ring (bicyclic) bond motifs is 1. The molecule has 128 valence electrons. The Balaban J connectivity index is 1.75. The second kappa shape index (κ2) is 6.40. The molecule has 3 aromatic rings. The molecule has 2 aromatic heterocycles. The summed E-state index contributed by atoms with van der Waals surface area (Å²) in [6.45, 7) is 0.786. The molecule has 0 saturated carbocycles. The lowest BCUT2D eigenvalue weighted by molar-refractivity contribution is -0.119. The van der Waals surface area contributed by atoms with Crippen molar-refractivity contribution in [2.24, 2.45) is 0 Å². The van der Waals surface area contributed by atoms with Gasteiger partial charge in [0, 0.05) is 29.4 Å². The SMILES string of the molecule is Nc1c(C2CN(C=O)CCC2F)sc2nc(-c3ccccc3)cnc12. The monoisotopic (exact) mass is 356 g/mol. The third kappa shape index (κ3) is 2.84. The molecule has 0 aliphatic carbocycles. The average molecular weight is 356 g/mol. The third-order valence-corrected chi connectivity index (χ3v) is 5.80. The van der Waals surface area contributed by atoms with E-state index in [9.17, 15) is 9.18 Å². The minimum atomic E-state index is -1.01. The lowest BCUT2D eigenvalue weighted by atomic mass is 9.94. The van der Waals surface area contributed by atoms with E-state index in [1.54, 1.807) is 11.1 Å². The molecule has 0 bridgehead atoms. The zero-order valence-electron chi connectivity index (χ0n) is 13.4. The number of likely N-dealkylation sites (tertiary alicyclic amines) is 1. The van der Waals surface area contributed by atoms with Gasteiger partial charge in [-0.2, -0.15) is 0 Å². The number of hydrogen-bond donors (Lipinski definition) is 1. The summed E-state index contributed by atoms with van der Waals surface area (Å²) in [7, 11) is 0. The van der Waals surface area contributed by atoms with Gasteiger partial charge in [0.05, 0.1) is 17.6 Å². The fourth-order valence-corrected chi connectivity index (χ4v) is 4.41. The molecule has 2 atom stereocenters. The Morgan fingerprint density at radius 2 is 2.12 bits per heavy atom. The van der Waals surface area contributed by atoms with Crippen LogP contribution in [-0.2, 0) is 4.79 Å². The van der Waals surface area contributed by atoms with E-state index in [0.717, 1.165) is 22.5 Å². The molecule has 3 heterocycles. The van der Waals surface area contributed by atoms with Gasteiger partial charge in [-0.25, -0.2) is 14.4 Å². The maximum atomic E-state index is 14.5. The number of thiophene rings is 1. The highest BCUT2D eigenvalue weighted by Crippen LogP contribution is 2.41. The van der Waals surface area contributed by atoms with Crippen molar-refractivity contribution in [1.29, 1.82) is 0 Å². The van der Waals surface area contributed by atoms with Gasteiger partial charge in [-0.05, 0) is 6.42 Å². The van der Waals surface area contributed by atoms with Crippen LogP contribution in [0.4, 0.5) is 10.1 Å². The fourth-order valence-electron chi connectivity index (χ4n) is 3.22. The molecular formula is C18H17FN4OS. The van der Waals surface area contributed by atoms with Crippen molar-refractivity contribution in [2.75, 3.05) is 18.8 Å². The Morgan fingerprint density at radius 1 is 1.32 bits per heavy atom. The van der Waals surface area contributed by atoms with Gasteiger partial charge in [0.1, 0.15) is 16.5 Å². The van der Waals surface area contributed by atoms with Crippen molar-refractivity contribution in [3.8, 4) is 11.3 Å². The van der Waals surface area contributed by atoms with E-state index in [1.807, 2.05) is 30.3 Å². The third-order valence-electron chi connectivity index (χ3n) is 4.58. The number of nitrogen functional groups attached to an aromatic ring is 1. The van der Waals surface area contributed by atoms with E-state index in [0.29, 0.717) is 35.5 Å². The summed E-state index contributed by atoms with van der Waals surface area (Å²) in [6, 6.07) is 9.76. The van der Waals surface area contributed by atoms with E-state index in [-0.39, 0.29) is 0 Å². The van der Waals surface area contributed by atoms with E-state index in [2.05, 4.69) is 9.97 Å². The molecular weight excluding hydrogens is 339 g/mol. The topological polar surface area (TPSA) is 72.1 Å². The first-order valence-corrected chi connectivity index (χ1v) is 8.92. The summed E-state index contributed by atoms with van der Waals surface area (Å²) in [6.07, 6.45) is 1.77. The number of nitrogens with zero attached hydrogens (tertiary/aromatic N) is 3. The first kappa shape index (κ1) is 16.0. The molecule has 7 heteroatoms. The Labute approximate surface area is 148 Å². The van der Waals surface area contributed by atoms with Crippen molar-refractivity contribution in [3.05, 3.63) is 41.4 Å². The zero-order valence-corrected chi connectivity index (χ0v) is 14.2. The van der Waals surface area contributed by atoms with Crippen molar-refractivity contribution < 1.29 is 9.18 Å². The summed E-state index contributed by atoms with van der Waals surface area (Å²) < 4.78 is 14.5. The number of rotatable bonds is 3. The lowest BCUT2D eigenvalue weighted by Crippen LogP contribution is -2.39. The van der Waals surface area contributed by atoms with Crippen LogP contribution in [0.5, 0.6) is 0 Å². The zero-order chi connectivity index (χ0) is 17.4. The highest BCUT2D eigenvalue weighted by atomic mass is 32.1. The van der Waals surface area contributed by atoms with Gasteiger partial charge in [-0.3, -0.25) is 4.79 Å². The van der Waals surface area contributed by atoms with E-state index < -0.39 is 12.1 Å². The number of carbonyl (C=O) groups is 1. The van der Waals surface area contributed by atoms with Crippen LogP contribution >= 0.6 is 11.3 Å². The molecule has 2 N–H and O–H groups in total. The van der Waals surface area contributed by atoms with Crippen molar-refractivity contribution >= 4 is 33.8 Å². The second-order valence-corrected chi connectivity index (χ2v) is 7.20. The molecule has 1 aromatic carbocycles. The van der Waals surface area contributed by atoms with Crippen LogP contribution in [0.25, 0.3) is 21.6 Å². The number of anilines is 1. The standard InChI is InChI=1S/C18H17FN4OS/c19-13-6-7-23(10-24)9-12(13)17-15(20)16-18(25-17)22-14(8-21-16)11-4-2-1-3-5-11/h1-5,8,10,12-13H,6-7,9,20H2. The highest BCUT2D eigenvalue weighted by Gasteiger charge is 2.33. The number of amides is 1. The van der Waals surface area contributed by atoms with E-state index in [4.69, 9.17) is 5.73 Å². The number of alkyl halides is 1. The van der Waals surface area contributed by atoms with Gasteiger partial charge >= 0.3 is 0 Å². The minimum absolute atomic E-state index is 0.327. The quantitative estimate of drug-likeness (QED) is 0.732. The van der Waals surface area contributed by atoms with Crippen LogP contribution in [0.15, 0.2) is 36.5 Å². The van der Waals surface area contributed by atoms with Crippen molar-refractivity contribution in [2.45, 2.75) is 18.5 Å². The number of nitrogens with two attached hydrogens (primary N) is 1. The number of piperidine rings is 1. The summed E-state index contributed by atoms with van der Waals surface area (Å²) in [5.74, 6) is -0.417. The van der Waals surface area contributed by atoms with Crippen LogP contribution in [-0.4, -0.2) is 40.5 Å². The molecule has 1 aliphatic rings. The Kier molecular flexibility index (Phi) is 4.09. The lowest BCUT2D eigenvalue weighted by Gasteiger charge is -2.32. The molecule has 1 saturated heterocycles. The van der Waals surface area contributed by atoms with Crippen LogP contribution in [0, 0.1) is 0 Å². The van der Waals surface area contributed by atoms with Gasteiger partial charge in [0.15, 0.2) is 0 Å². The number of hydrogen-bond acceptors (Lipinski definition) is 5. The van der Waals surface area contributed by atoms with Crippen molar-refractivity contribution in [3.63, 3.8) is 0 Å². The molecule has 1 amide bonds. The normalized spacial score (nSPS) is 20.8. The van der Waals surface area contributed by atoms with Crippen LogP contribution < -0.4 is 5.73 Å². The number of benzene rings is 1. The smallest absolute Gasteiger partial charge is 0.209 e. The molecule has 1 fully saturated rings. The highest BCUT2D eigenvalue weighted by molar-refractivity contribution is 7.19. The van der Waals surface area contributed by atoms with Gasteiger partial charge < -0.3 is 10.6 Å². The number of aromatic nitrogens is 2. The first-order valence-electron chi connectivity index (χ1n) is 8.11. The summed E-state index contributed by atoms with van der Waals surface area (Å²) in [5.41, 5.74) is 9.06. The maximum Gasteiger partial charge on any atom is 0.209 e. The molecule has 0 spiro atoms. The largest absolute Gasteiger partial charge is 0.396 e. The van der Waals surface area contributed by atoms with Crippen LogP contribution in [0.3, 0.4) is 0 Å². The summed E-state index contributed by atoms with van der Waals surface area (Å²) in [5, 5.41) is 0. The predicted molar refractivity (Wildman–Crippen MR) is 97.2 cm³/mol. The van der Waals surface area contributed by atoms with Gasteiger partial charge in [0.2, 0.25) is 6.41 Å². The van der Waals surface area contributed by atoms with E-state index in [1.165, 1.54) is 11.3 Å². The molecule has 2 unspecified atom stereocenters. The second-order valence-electron chi connectivity index (χ2n) is 6.17. The Hall–Kier alpha value is -2.54. The van der Waals surface area contributed by atoms with E-state index >= 15 is 0 Å². The minimum Gasteiger partial charge on any atom is -0.396 e. The Bertz CT molecular complexity index is 914.